The van der Waals surface area contributed by atoms with E-state index in [-0.39, 0.29) is 19.5 Å². The summed E-state index contributed by atoms with van der Waals surface area (Å²) in [7, 11) is 0. The van der Waals surface area contributed by atoms with Gasteiger partial charge < -0.3 is 12.1 Å². The van der Waals surface area contributed by atoms with E-state index < -0.39 is 0 Å². The number of hydrogen-bond acceptors (Lipinski definition) is 0. The maximum absolute atomic E-state index is 2.98. The number of aryl methyl sites for hydroxylation is 1. The van der Waals surface area contributed by atoms with Gasteiger partial charge in [-0.25, -0.2) is 0 Å². The second kappa shape index (κ2) is 4.99. The summed E-state index contributed by atoms with van der Waals surface area (Å²) in [5.74, 6) is 0. The molecule has 9 heavy (non-hydrogen) atoms. The van der Waals surface area contributed by atoms with Gasteiger partial charge in [-0.2, -0.15) is 0 Å². The zero-order chi connectivity index (χ0) is 5.11. The molecule has 0 saturated carbocycles. The number of benzene rings is 1. The van der Waals surface area contributed by atoms with Crippen molar-refractivity contribution in [2.45, 2.75) is 6.92 Å². The average Bonchev–Trinajstić information content (AvgIpc) is 1.69. The summed E-state index contributed by atoms with van der Waals surface area (Å²) in [6, 6.07) is 11.6. The minimum absolute atomic E-state index is 0. The van der Waals surface area contributed by atoms with E-state index in [4.69, 9.17) is 0 Å². The molecular weight excluding hydrogens is 454 g/mol. The van der Waals surface area contributed by atoms with Crippen molar-refractivity contribution in [1.82, 2.24) is 0 Å². The average molecular weight is 460 g/mol. The fraction of sp³-hybridized carbons (Fsp3) is 0.143. The largest absolute Gasteiger partial charge is 0.356 e. The molecule has 0 saturated heterocycles. The molecule has 0 heterocycles. The molecule has 0 atom stereocenters. The van der Waals surface area contributed by atoms with Gasteiger partial charge in [-0.1, -0.05) is 6.92 Å². The predicted octanol–water partition coefficient (Wildman–Crippen LogP) is 1.59. The Kier molecular flexibility index (Phi) is 5.96. The molecule has 0 aliphatic heterocycles. The molecular formula is C7H6RfRh-2. The van der Waals surface area contributed by atoms with Crippen LogP contribution in [0.1, 0.15) is 5.56 Å². The number of hydrogen-bond donors (Lipinski definition) is 0. The third kappa shape index (κ3) is 3.43. The first-order valence-corrected chi connectivity index (χ1v) is 2.24. The molecule has 0 spiro atoms. The molecule has 0 unspecified atom stereocenters. The predicted molar refractivity (Wildman–Crippen MR) is 28.9 cm³/mol. The van der Waals surface area contributed by atoms with E-state index in [1.807, 2.05) is 25.1 Å². The molecule has 0 nitrogen and oxygen atoms in total. The van der Waals surface area contributed by atoms with Crippen molar-refractivity contribution in [3.05, 3.63) is 35.9 Å². The van der Waals surface area contributed by atoms with Gasteiger partial charge in [0.05, 0.1) is 0 Å². The van der Waals surface area contributed by atoms with Crippen LogP contribution in [0, 0.1) is 19.1 Å². The topological polar surface area (TPSA) is 0 Å². The van der Waals surface area contributed by atoms with Crippen LogP contribution in [0.15, 0.2) is 18.2 Å². The van der Waals surface area contributed by atoms with E-state index in [0.717, 1.165) is 5.56 Å². The summed E-state index contributed by atoms with van der Waals surface area (Å²) in [6.07, 6.45) is 0. The van der Waals surface area contributed by atoms with Gasteiger partial charge in [-0.05, 0) is 0 Å². The SMILES string of the molecule is Cc1[c-]ccc[c-]1.[Rf].[Rh]. The quantitative estimate of drug-likeness (QED) is 0.408. The molecule has 0 aliphatic rings. The van der Waals surface area contributed by atoms with Gasteiger partial charge in [0.1, 0.15) is 0 Å². The van der Waals surface area contributed by atoms with Crippen molar-refractivity contribution in [1.29, 1.82) is 0 Å². The van der Waals surface area contributed by atoms with Crippen LogP contribution < -0.4 is 0 Å². The Labute approximate surface area is 62.7 Å². The zero-order valence-corrected chi connectivity index (χ0v) is 13.3. The van der Waals surface area contributed by atoms with Crippen molar-refractivity contribution in [3.63, 3.8) is 0 Å². The van der Waals surface area contributed by atoms with Gasteiger partial charge in [0.2, 0.25) is 0 Å². The van der Waals surface area contributed by atoms with E-state index in [9.17, 15) is 0 Å². The summed E-state index contributed by atoms with van der Waals surface area (Å²) in [6.45, 7) is 1.97. The number of rotatable bonds is 0. The third-order valence-corrected chi connectivity index (χ3v) is 0.792. The molecule has 1 aromatic carbocycles. The Morgan fingerprint density at radius 2 is 1.67 bits per heavy atom. The smallest absolute Gasteiger partial charge is 0 e. The van der Waals surface area contributed by atoms with Gasteiger partial charge >= 0.3 is 0 Å². The Hall–Kier alpha value is -1.16. The van der Waals surface area contributed by atoms with Crippen LogP contribution in [0.2, 0.25) is 0 Å². The monoisotopic (exact) mass is 460 g/mol. The fourth-order valence-electron chi connectivity index (χ4n) is 0.436. The van der Waals surface area contributed by atoms with Crippen molar-refractivity contribution < 1.29 is 19.5 Å². The molecule has 1 rings (SSSR count). The minimum atomic E-state index is 0. The second-order valence-electron chi connectivity index (χ2n) is 1.44. The van der Waals surface area contributed by atoms with Gasteiger partial charge in [-0.15, -0.1) is 0 Å². The maximum atomic E-state index is 2.98. The maximum Gasteiger partial charge on any atom is 0 e. The molecule has 0 amide bonds. The van der Waals surface area contributed by atoms with Crippen LogP contribution in [0.5, 0.6) is 0 Å². The first-order chi connectivity index (χ1) is 3.39. The molecule has 2 heteroatoms. The van der Waals surface area contributed by atoms with E-state index in [0.29, 0.717) is 0 Å². The van der Waals surface area contributed by atoms with Gasteiger partial charge in [0.25, 0.3) is 0 Å². The van der Waals surface area contributed by atoms with E-state index in [2.05, 4.69) is 12.1 Å². The van der Waals surface area contributed by atoms with Crippen LogP contribution in [0.25, 0.3) is 0 Å². The summed E-state index contributed by atoms with van der Waals surface area (Å²) in [5.41, 5.74) is 1.07. The molecule has 1 radical (unpaired) electrons. The van der Waals surface area contributed by atoms with Crippen LogP contribution in [0.4, 0.5) is 0 Å². The van der Waals surface area contributed by atoms with Crippen LogP contribution in [-0.4, -0.2) is 0 Å². The fourth-order valence-corrected chi connectivity index (χ4v) is 0.436. The summed E-state index contributed by atoms with van der Waals surface area (Å²) in [4.78, 5) is 0. The molecule has 0 N–H and O–H groups in total. The Bertz CT molecular complexity index is 139. The molecule has 1 aromatic rings. The van der Waals surface area contributed by atoms with E-state index in [1.54, 1.807) is 0 Å². The third-order valence-electron chi connectivity index (χ3n) is 0.792. The van der Waals surface area contributed by atoms with Gasteiger partial charge in [0, 0.05) is 19.5 Å². The van der Waals surface area contributed by atoms with E-state index >= 15 is 0 Å². The van der Waals surface area contributed by atoms with Gasteiger partial charge in [-0.3, -0.25) is 23.8 Å². The Morgan fingerprint density at radius 3 is 1.89 bits per heavy atom. The summed E-state index contributed by atoms with van der Waals surface area (Å²) < 4.78 is 0. The Morgan fingerprint density at radius 1 is 1.22 bits per heavy atom. The van der Waals surface area contributed by atoms with Crippen molar-refractivity contribution >= 4 is 0 Å². The van der Waals surface area contributed by atoms with E-state index in [1.165, 1.54) is 0 Å². The zero-order valence-electron chi connectivity index (χ0n) is 5.27. The molecule has 0 aromatic heterocycles. The minimum Gasteiger partial charge on any atom is -0.356 e. The summed E-state index contributed by atoms with van der Waals surface area (Å²) >= 11 is 0. The molecule has 0 fully saturated rings. The first kappa shape index (κ1) is 10.8. The van der Waals surface area contributed by atoms with Crippen molar-refractivity contribution in [3.8, 4) is 0 Å². The molecule has 47 valence electrons. The van der Waals surface area contributed by atoms with Crippen LogP contribution in [-0.2, 0) is 19.5 Å². The standard InChI is InChI=1S/C7H6.Rf.Rh/c1-7-5-3-2-4-6-7;;/h2-4H,1H3;;/q-2;;. The molecule has 0 bridgehead atoms. The van der Waals surface area contributed by atoms with Crippen molar-refractivity contribution in [2.75, 3.05) is 0 Å². The van der Waals surface area contributed by atoms with Crippen molar-refractivity contribution in [2.24, 2.45) is 0 Å². The molecule has 0 aliphatic carbocycles. The normalized spacial score (nSPS) is 6.78. The van der Waals surface area contributed by atoms with Crippen LogP contribution in [0.3, 0.4) is 0 Å². The first-order valence-electron chi connectivity index (χ1n) is 2.24. The summed E-state index contributed by atoms with van der Waals surface area (Å²) in [5, 5.41) is 0. The van der Waals surface area contributed by atoms with Crippen LogP contribution >= 0.6 is 0 Å². The second-order valence-corrected chi connectivity index (χ2v) is 1.44. The Balaban J connectivity index is 0. The van der Waals surface area contributed by atoms with Gasteiger partial charge in [0.15, 0.2) is 0 Å².